The third-order valence-electron chi connectivity index (χ3n) is 4.02. The van der Waals surface area contributed by atoms with E-state index in [-0.39, 0.29) is 10.8 Å². The molecule has 0 aliphatic carbocycles. The van der Waals surface area contributed by atoms with Gasteiger partial charge in [0.1, 0.15) is 5.01 Å². The summed E-state index contributed by atoms with van der Waals surface area (Å²) in [6, 6.07) is 7.74. The number of alkyl halides is 3. The van der Waals surface area contributed by atoms with Crippen LogP contribution >= 0.6 is 22.9 Å². The summed E-state index contributed by atoms with van der Waals surface area (Å²) in [5, 5.41) is 13.0. The molecule has 0 aliphatic heterocycles. The fourth-order valence-corrected chi connectivity index (χ4v) is 3.61. The van der Waals surface area contributed by atoms with Gasteiger partial charge in [-0.05, 0) is 35.9 Å². The van der Waals surface area contributed by atoms with Gasteiger partial charge in [0.2, 0.25) is 5.13 Å². The Bertz CT molecular complexity index is 1090. The minimum absolute atomic E-state index is 0.0655. The largest absolute Gasteiger partial charge is 0.493 e. The maximum atomic E-state index is 12.9. The number of benzene rings is 2. The molecule has 31 heavy (non-hydrogen) atoms. The number of anilines is 2. The smallest absolute Gasteiger partial charge is 0.417 e. The van der Waals surface area contributed by atoms with Crippen molar-refractivity contribution in [3.8, 4) is 11.5 Å². The van der Waals surface area contributed by atoms with Gasteiger partial charge in [0.25, 0.3) is 0 Å². The van der Waals surface area contributed by atoms with E-state index in [0.29, 0.717) is 22.9 Å². The van der Waals surface area contributed by atoms with E-state index < -0.39 is 22.8 Å². The molecule has 0 atom stereocenters. The SMILES string of the molecule is COc1ccc(Cc2nnc(NC(=O)Nc3ccc(Cl)c(C(F)(F)F)c3)s2)cc1OC. The Balaban J connectivity index is 1.64. The van der Waals surface area contributed by atoms with Crippen LogP contribution in [0.15, 0.2) is 36.4 Å². The summed E-state index contributed by atoms with van der Waals surface area (Å²) in [7, 11) is 3.07. The minimum Gasteiger partial charge on any atom is -0.493 e. The van der Waals surface area contributed by atoms with Gasteiger partial charge in [-0.1, -0.05) is 29.0 Å². The molecule has 164 valence electrons. The summed E-state index contributed by atoms with van der Waals surface area (Å²) in [5.74, 6) is 1.17. The molecule has 1 aromatic heterocycles. The average Bonchev–Trinajstić information content (AvgIpc) is 3.14. The van der Waals surface area contributed by atoms with Gasteiger partial charge in [-0.2, -0.15) is 13.2 Å². The van der Waals surface area contributed by atoms with Crippen LogP contribution in [0.1, 0.15) is 16.1 Å². The zero-order valence-corrected chi connectivity index (χ0v) is 17.8. The van der Waals surface area contributed by atoms with Gasteiger partial charge < -0.3 is 14.8 Å². The number of hydrogen-bond acceptors (Lipinski definition) is 6. The van der Waals surface area contributed by atoms with E-state index in [1.807, 2.05) is 6.07 Å². The third-order valence-corrected chi connectivity index (χ3v) is 5.19. The van der Waals surface area contributed by atoms with E-state index in [2.05, 4.69) is 20.8 Å². The number of urea groups is 1. The molecule has 2 amide bonds. The summed E-state index contributed by atoms with van der Waals surface area (Å²) < 4.78 is 49.3. The van der Waals surface area contributed by atoms with Crippen molar-refractivity contribution in [3.05, 3.63) is 57.6 Å². The van der Waals surface area contributed by atoms with Crippen LogP contribution in [0.3, 0.4) is 0 Å². The monoisotopic (exact) mass is 472 g/mol. The molecule has 0 spiro atoms. The predicted octanol–water partition coefficient (Wildman–Crippen LogP) is 5.46. The molecule has 2 aromatic carbocycles. The lowest BCUT2D eigenvalue weighted by atomic mass is 10.1. The molecule has 12 heteroatoms. The Morgan fingerprint density at radius 3 is 2.48 bits per heavy atom. The molecule has 0 radical (unpaired) electrons. The van der Waals surface area contributed by atoms with Gasteiger partial charge in [0.05, 0.1) is 24.8 Å². The number of ether oxygens (including phenoxy) is 2. The lowest BCUT2D eigenvalue weighted by molar-refractivity contribution is -0.137. The highest BCUT2D eigenvalue weighted by atomic mass is 35.5. The van der Waals surface area contributed by atoms with E-state index in [1.165, 1.54) is 13.2 Å². The van der Waals surface area contributed by atoms with Gasteiger partial charge in [-0.25, -0.2) is 4.79 Å². The Kier molecular flexibility index (Phi) is 6.86. The number of carbonyl (C=O) groups is 1. The topological polar surface area (TPSA) is 85.4 Å². The first-order valence-electron chi connectivity index (χ1n) is 8.67. The number of nitrogens with one attached hydrogen (secondary N) is 2. The van der Waals surface area contributed by atoms with Gasteiger partial charge in [-0.3, -0.25) is 5.32 Å². The number of carbonyl (C=O) groups excluding carboxylic acids is 1. The van der Waals surface area contributed by atoms with Crippen LogP contribution in [0.2, 0.25) is 5.02 Å². The van der Waals surface area contributed by atoms with Gasteiger partial charge in [-0.15, -0.1) is 10.2 Å². The highest BCUT2D eigenvalue weighted by Crippen LogP contribution is 2.36. The van der Waals surface area contributed by atoms with Crippen molar-refractivity contribution in [2.24, 2.45) is 0 Å². The van der Waals surface area contributed by atoms with Crippen LogP contribution in [0.4, 0.5) is 28.8 Å². The fraction of sp³-hybridized carbons (Fsp3) is 0.211. The molecule has 3 rings (SSSR count). The highest BCUT2D eigenvalue weighted by molar-refractivity contribution is 7.15. The van der Waals surface area contributed by atoms with Crippen LogP contribution < -0.4 is 20.1 Å². The lowest BCUT2D eigenvalue weighted by Gasteiger charge is -2.11. The van der Waals surface area contributed by atoms with Crippen molar-refractivity contribution >= 4 is 39.8 Å². The number of nitrogens with zero attached hydrogens (tertiary/aromatic N) is 2. The van der Waals surface area contributed by atoms with Crippen molar-refractivity contribution < 1.29 is 27.4 Å². The summed E-state index contributed by atoms with van der Waals surface area (Å²) in [4.78, 5) is 12.1. The van der Waals surface area contributed by atoms with E-state index in [1.54, 1.807) is 19.2 Å². The van der Waals surface area contributed by atoms with Crippen molar-refractivity contribution in [1.82, 2.24) is 10.2 Å². The Hall–Kier alpha value is -3.05. The third kappa shape index (κ3) is 5.76. The Morgan fingerprint density at radius 2 is 1.81 bits per heavy atom. The summed E-state index contributed by atoms with van der Waals surface area (Å²) >= 11 is 6.71. The van der Waals surface area contributed by atoms with Crippen LogP contribution in [0, 0.1) is 0 Å². The van der Waals surface area contributed by atoms with Gasteiger partial charge >= 0.3 is 12.2 Å². The van der Waals surface area contributed by atoms with Crippen molar-refractivity contribution in [1.29, 1.82) is 0 Å². The van der Waals surface area contributed by atoms with Crippen molar-refractivity contribution in [2.45, 2.75) is 12.6 Å². The predicted molar refractivity (Wildman–Crippen MR) is 111 cm³/mol. The zero-order valence-electron chi connectivity index (χ0n) is 16.2. The zero-order chi connectivity index (χ0) is 22.6. The van der Waals surface area contributed by atoms with Crippen LogP contribution in [0.25, 0.3) is 0 Å². The molecule has 3 aromatic rings. The molecular weight excluding hydrogens is 457 g/mol. The quantitative estimate of drug-likeness (QED) is 0.497. The van der Waals surface area contributed by atoms with Crippen LogP contribution in [-0.4, -0.2) is 30.4 Å². The molecule has 2 N–H and O–H groups in total. The van der Waals surface area contributed by atoms with Gasteiger partial charge in [0, 0.05) is 12.1 Å². The molecule has 7 nitrogen and oxygen atoms in total. The Morgan fingerprint density at radius 1 is 1.06 bits per heavy atom. The number of hydrogen-bond donors (Lipinski definition) is 2. The molecule has 0 fully saturated rings. The Labute approximate surface area is 184 Å². The molecule has 0 bridgehead atoms. The van der Waals surface area contributed by atoms with E-state index in [0.717, 1.165) is 29.0 Å². The molecule has 1 heterocycles. The second-order valence-corrected chi connectivity index (χ2v) is 7.61. The summed E-state index contributed by atoms with van der Waals surface area (Å²) in [6.45, 7) is 0. The number of amides is 2. The molecule has 0 aliphatic rings. The first kappa shape index (κ1) is 22.6. The minimum atomic E-state index is -4.64. The van der Waals surface area contributed by atoms with Crippen molar-refractivity contribution in [3.63, 3.8) is 0 Å². The van der Waals surface area contributed by atoms with Gasteiger partial charge in [0.15, 0.2) is 11.5 Å². The lowest BCUT2D eigenvalue weighted by Crippen LogP contribution is -2.19. The molecular formula is C19H16ClF3N4O3S. The molecule has 0 saturated carbocycles. The number of methoxy groups -OCH3 is 2. The number of halogens is 4. The summed E-state index contributed by atoms with van der Waals surface area (Å²) in [6.07, 6.45) is -4.20. The van der Waals surface area contributed by atoms with E-state index in [4.69, 9.17) is 21.1 Å². The second-order valence-electron chi connectivity index (χ2n) is 6.14. The standard InChI is InChI=1S/C19H16ClF3N4O3S/c1-29-14-6-3-10(7-15(14)30-2)8-16-26-27-18(31-16)25-17(28)24-11-4-5-13(20)12(9-11)19(21,22)23/h3-7,9H,8H2,1-2H3,(H2,24,25,27,28). The normalized spacial score (nSPS) is 11.2. The summed E-state index contributed by atoms with van der Waals surface area (Å²) in [5.41, 5.74) is -0.213. The first-order valence-corrected chi connectivity index (χ1v) is 9.87. The number of rotatable bonds is 6. The first-order chi connectivity index (χ1) is 14.7. The highest BCUT2D eigenvalue weighted by Gasteiger charge is 2.33. The maximum Gasteiger partial charge on any atom is 0.417 e. The molecule has 0 saturated heterocycles. The number of aromatic nitrogens is 2. The maximum absolute atomic E-state index is 12.9. The van der Waals surface area contributed by atoms with Crippen molar-refractivity contribution in [2.75, 3.05) is 24.9 Å². The average molecular weight is 473 g/mol. The fourth-order valence-electron chi connectivity index (χ4n) is 2.62. The van der Waals surface area contributed by atoms with E-state index >= 15 is 0 Å². The van der Waals surface area contributed by atoms with Crippen LogP contribution in [-0.2, 0) is 12.6 Å². The molecule has 0 unspecified atom stereocenters. The van der Waals surface area contributed by atoms with Crippen LogP contribution in [0.5, 0.6) is 11.5 Å². The second kappa shape index (κ2) is 9.40. The van der Waals surface area contributed by atoms with E-state index in [9.17, 15) is 18.0 Å².